The van der Waals surface area contributed by atoms with Gasteiger partial charge in [0.1, 0.15) is 0 Å². The van der Waals surface area contributed by atoms with Crippen LogP contribution in [0.25, 0.3) is 5.69 Å². The molecule has 1 N–H and O–H groups in total. The third kappa shape index (κ3) is 4.61. The highest BCUT2D eigenvalue weighted by atomic mass is 16.6. The molecule has 0 saturated carbocycles. The number of carbonyl (C=O) groups is 1. The summed E-state index contributed by atoms with van der Waals surface area (Å²) in [6.07, 6.45) is -0.152. The van der Waals surface area contributed by atoms with Crippen molar-refractivity contribution in [2.45, 2.75) is 27.2 Å². The number of aromatic nitrogens is 2. The molecule has 9 nitrogen and oxygen atoms in total. The Balaban J connectivity index is 2.12. The molecule has 2 aromatic carbocycles. The third-order valence-corrected chi connectivity index (χ3v) is 4.98. The van der Waals surface area contributed by atoms with Crippen LogP contribution in [0.4, 0.5) is 11.4 Å². The number of H-pyrrole nitrogens is 1. The average Bonchev–Trinajstić information content (AvgIpc) is 3.06. The van der Waals surface area contributed by atoms with Crippen molar-refractivity contribution in [2.24, 2.45) is 4.99 Å². The SMILES string of the molecule is COC(=O)Cc1[nH]n(-c2ccc([N+](=O)[O-])cc2)c(=O)c1C(C)=Nc1ccc(C)c(C)c1. The summed E-state index contributed by atoms with van der Waals surface area (Å²) in [6, 6.07) is 11.2. The zero-order valence-electron chi connectivity index (χ0n) is 17.6. The number of benzene rings is 2. The van der Waals surface area contributed by atoms with E-state index in [4.69, 9.17) is 4.74 Å². The lowest BCUT2D eigenvalue weighted by atomic mass is 10.1. The average molecular weight is 422 g/mol. The molecule has 0 atom stereocenters. The number of nitrogens with zero attached hydrogens (tertiary/aromatic N) is 3. The van der Waals surface area contributed by atoms with Crippen molar-refractivity contribution in [1.29, 1.82) is 0 Å². The van der Waals surface area contributed by atoms with Gasteiger partial charge in [-0.3, -0.25) is 29.8 Å². The van der Waals surface area contributed by atoms with Gasteiger partial charge in [0.2, 0.25) is 0 Å². The molecule has 0 bridgehead atoms. The largest absolute Gasteiger partial charge is 0.469 e. The molecular formula is C22H22N4O5. The number of nitro benzene ring substituents is 1. The second-order valence-electron chi connectivity index (χ2n) is 7.10. The van der Waals surface area contributed by atoms with Crippen LogP contribution in [0.15, 0.2) is 52.3 Å². The summed E-state index contributed by atoms with van der Waals surface area (Å²) in [4.78, 5) is 40.1. The molecule has 0 unspecified atom stereocenters. The molecule has 1 aromatic heterocycles. The Morgan fingerprint density at radius 3 is 2.42 bits per heavy atom. The van der Waals surface area contributed by atoms with Gasteiger partial charge in [0.15, 0.2) is 0 Å². The molecule has 0 radical (unpaired) electrons. The molecule has 160 valence electrons. The van der Waals surface area contributed by atoms with Crippen molar-refractivity contribution in [2.75, 3.05) is 7.11 Å². The van der Waals surface area contributed by atoms with E-state index in [0.29, 0.717) is 22.8 Å². The lowest BCUT2D eigenvalue weighted by Crippen LogP contribution is -2.20. The molecular weight excluding hydrogens is 400 g/mol. The fourth-order valence-corrected chi connectivity index (χ4v) is 3.15. The van der Waals surface area contributed by atoms with Crippen LogP contribution >= 0.6 is 0 Å². The minimum Gasteiger partial charge on any atom is -0.469 e. The first-order valence-electron chi connectivity index (χ1n) is 9.49. The van der Waals surface area contributed by atoms with Gasteiger partial charge in [-0.25, -0.2) is 4.68 Å². The monoisotopic (exact) mass is 422 g/mol. The smallest absolute Gasteiger partial charge is 0.311 e. The molecule has 0 aliphatic carbocycles. The number of carbonyl (C=O) groups excluding carboxylic acids is 1. The van der Waals surface area contributed by atoms with Gasteiger partial charge >= 0.3 is 5.97 Å². The van der Waals surface area contributed by atoms with Crippen molar-refractivity contribution in [1.82, 2.24) is 9.78 Å². The van der Waals surface area contributed by atoms with Gasteiger partial charge in [-0.05, 0) is 56.2 Å². The Kier molecular flexibility index (Phi) is 6.15. The van der Waals surface area contributed by atoms with E-state index < -0.39 is 16.5 Å². The van der Waals surface area contributed by atoms with E-state index in [-0.39, 0.29) is 17.7 Å². The summed E-state index contributed by atoms with van der Waals surface area (Å²) in [5.74, 6) is -0.516. The lowest BCUT2D eigenvalue weighted by molar-refractivity contribution is -0.384. The van der Waals surface area contributed by atoms with Gasteiger partial charge in [-0.1, -0.05) is 6.07 Å². The van der Waals surface area contributed by atoms with E-state index >= 15 is 0 Å². The van der Waals surface area contributed by atoms with Crippen LogP contribution < -0.4 is 5.56 Å². The van der Waals surface area contributed by atoms with Gasteiger partial charge in [0, 0.05) is 12.1 Å². The molecule has 0 aliphatic heterocycles. The first kappa shape index (κ1) is 21.7. The van der Waals surface area contributed by atoms with Crippen LogP contribution in [0.2, 0.25) is 0 Å². The number of aryl methyl sites for hydroxylation is 2. The number of aliphatic imine (C=N–C) groups is 1. The Morgan fingerprint density at radius 2 is 1.84 bits per heavy atom. The van der Waals surface area contributed by atoms with E-state index in [1.807, 2.05) is 32.0 Å². The maximum absolute atomic E-state index is 13.2. The van der Waals surface area contributed by atoms with Gasteiger partial charge < -0.3 is 4.74 Å². The number of non-ortho nitro benzene ring substituents is 1. The Hall–Kier alpha value is -4.01. The van der Waals surface area contributed by atoms with Crippen molar-refractivity contribution >= 4 is 23.1 Å². The van der Waals surface area contributed by atoms with Crippen LogP contribution in [0.5, 0.6) is 0 Å². The standard InChI is InChI=1S/C22H22N4O5/c1-13-5-6-16(11-14(13)2)23-15(3)21-19(12-20(27)31-4)24-25(22(21)28)17-7-9-18(10-8-17)26(29)30/h5-11,24H,12H2,1-4H3. The van der Waals surface area contributed by atoms with E-state index in [1.54, 1.807) is 6.92 Å². The zero-order valence-corrected chi connectivity index (χ0v) is 17.6. The van der Waals surface area contributed by atoms with Crippen LogP contribution in [-0.2, 0) is 16.0 Å². The summed E-state index contributed by atoms with van der Waals surface area (Å²) < 4.78 is 5.98. The van der Waals surface area contributed by atoms with E-state index in [0.717, 1.165) is 11.1 Å². The molecule has 0 spiro atoms. The summed E-state index contributed by atoms with van der Waals surface area (Å²) in [5.41, 5.74) is 3.81. The lowest BCUT2D eigenvalue weighted by Gasteiger charge is -2.04. The maximum atomic E-state index is 13.2. The van der Waals surface area contributed by atoms with Gasteiger partial charge in [0.05, 0.1) is 46.8 Å². The van der Waals surface area contributed by atoms with Crippen molar-refractivity contribution < 1.29 is 14.5 Å². The first-order valence-corrected chi connectivity index (χ1v) is 9.49. The summed E-state index contributed by atoms with van der Waals surface area (Å²) in [5, 5.41) is 13.8. The van der Waals surface area contributed by atoms with Gasteiger partial charge in [-0.15, -0.1) is 0 Å². The van der Waals surface area contributed by atoms with E-state index in [9.17, 15) is 19.7 Å². The zero-order chi connectivity index (χ0) is 22.7. The fourth-order valence-electron chi connectivity index (χ4n) is 3.15. The highest BCUT2D eigenvalue weighted by molar-refractivity contribution is 6.01. The molecule has 9 heteroatoms. The van der Waals surface area contributed by atoms with Crippen LogP contribution in [0.3, 0.4) is 0 Å². The molecule has 0 fully saturated rings. The molecule has 1 heterocycles. The number of nitrogens with one attached hydrogen (secondary N) is 1. The Labute approximate surface area is 178 Å². The number of nitro groups is 1. The topological polar surface area (TPSA) is 120 Å². The molecule has 0 amide bonds. The second-order valence-corrected chi connectivity index (χ2v) is 7.10. The summed E-state index contributed by atoms with van der Waals surface area (Å²) in [7, 11) is 1.27. The molecule has 0 saturated heterocycles. The molecule has 31 heavy (non-hydrogen) atoms. The molecule has 3 rings (SSSR count). The van der Waals surface area contributed by atoms with E-state index in [2.05, 4.69) is 10.1 Å². The van der Waals surface area contributed by atoms with Crippen LogP contribution in [-0.4, -0.2) is 33.5 Å². The quantitative estimate of drug-likeness (QED) is 0.282. The third-order valence-electron chi connectivity index (χ3n) is 4.98. The number of rotatable bonds is 6. The predicted molar refractivity (Wildman–Crippen MR) is 117 cm³/mol. The normalized spacial score (nSPS) is 11.4. The number of esters is 1. The molecule has 0 aliphatic rings. The van der Waals surface area contributed by atoms with Gasteiger partial charge in [-0.2, -0.15) is 0 Å². The second kappa shape index (κ2) is 8.78. The highest BCUT2D eigenvalue weighted by Crippen LogP contribution is 2.20. The van der Waals surface area contributed by atoms with E-state index in [1.165, 1.54) is 36.1 Å². The number of aromatic amines is 1. The predicted octanol–water partition coefficient (Wildman–Crippen LogP) is 3.55. The fraction of sp³-hybridized carbons (Fsp3) is 0.227. The van der Waals surface area contributed by atoms with Crippen molar-refractivity contribution in [3.05, 3.63) is 85.3 Å². The highest BCUT2D eigenvalue weighted by Gasteiger charge is 2.21. The minimum absolute atomic E-state index is 0.0918. The van der Waals surface area contributed by atoms with Crippen molar-refractivity contribution in [3.8, 4) is 5.69 Å². The number of ether oxygens (including phenoxy) is 1. The maximum Gasteiger partial charge on any atom is 0.311 e. The number of methoxy groups -OCH3 is 1. The Morgan fingerprint density at radius 1 is 1.16 bits per heavy atom. The Bertz CT molecular complexity index is 1240. The number of hydrogen-bond acceptors (Lipinski definition) is 6. The summed E-state index contributed by atoms with van der Waals surface area (Å²) >= 11 is 0. The van der Waals surface area contributed by atoms with Gasteiger partial charge in [0.25, 0.3) is 11.2 Å². The van der Waals surface area contributed by atoms with Crippen LogP contribution in [0.1, 0.15) is 29.3 Å². The minimum atomic E-state index is -0.518. The summed E-state index contributed by atoms with van der Waals surface area (Å²) in [6.45, 7) is 5.67. The van der Waals surface area contributed by atoms with Crippen molar-refractivity contribution in [3.63, 3.8) is 0 Å². The first-order chi connectivity index (χ1) is 14.7. The molecule has 3 aromatic rings. The van der Waals surface area contributed by atoms with Crippen LogP contribution in [0, 0.1) is 24.0 Å². The number of hydrogen-bond donors (Lipinski definition) is 1.